The maximum absolute atomic E-state index is 10.2. The Morgan fingerprint density at radius 3 is 2.38 bits per heavy atom. The molecule has 0 saturated carbocycles. The Morgan fingerprint density at radius 1 is 1.75 bits per heavy atom. The number of carbonyl (C=O) groups is 1. The van der Waals surface area contributed by atoms with Gasteiger partial charge in [-0.05, 0) is 13.3 Å². The Labute approximate surface area is 48.5 Å². The van der Waals surface area contributed by atoms with E-state index in [4.69, 9.17) is 5.73 Å². The number of Topliss-reactive ketones (excluding diaryl/α,β-unsaturated/α-hetero) is 1. The van der Waals surface area contributed by atoms with Gasteiger partial charge >= 0.3 is 0 Å². The summed E-state index contributed by atoms with van der Waals surface area (Å²) in [6.45, 7) is 1.45. The van der Waals surface area contributed by atoms with Crippen molar-refractivity contribution in [1.29, 1.82) is 0 Å². The van der Waals surface area contributed by atoms with Crippen molar-refractivity contribution < 1.29 is 9.90 Å². The standard InChI is InChI=1S/C5H10NO2/c1-4(7)2-3-5(6)8/h5H,2-3,6H2,1H3. The number of rotatable bonds is 3. The molecule has 0 aromatic heterocycles. The number of hydrogen-bond acceptors (Lipinski definition) is 2. The predicted molar refractivity (Wildman–Crippen MR) is 28.6 cm³/mol. The molecular formula is C5H10NO2. The normalized spacial score (nSPS) is 13.4. The summed E-state index contributed by atoms with van der Waals surface area (Å²) in [6.07, 6.45) is -0.515. The highest BCUT2D eigenvalue weighted by Crippen LogP contribution is 1.91. The second-order valence-corrected chi connectivity index (χ2v) is 1.78. The first-order valence-electron chi connectivity index (χ1n) is 2.53. The van der Waals surface area contributed by atoms with E-state index < -0.39 is 6.23 Å². The van der Waals surface area contributed by atoms with E-state index in [1.807, 2.05) is 0 Å². The van der Waals surface area contributed by atoms with Crippen molar-refractivity contribution >= 4 is 5.78 Å². The minimum absolute atomic E-state index is 0.0244. The Hall–Kier alpha value is -0.410. The van der Waals surface area contributed by atoms with Gasteiger partial charge in [-0.25, -0.2) is 5.11 Å². The van der Waals surface area contributed by atoms with E-state index in [-0.39, 0.29) is 12.2 Å². The lowest BCUT2D eigenvalue weighted by atomic mass is 10.2. The van der Waals surface area contributed by atoms with Crippen LogP contribution >= 0.6 is 0 Å². The van der Waals surface area contributed by atoms with Crippen LogP contribution in [0, 0.1) is 0 Å². The van der Waals surface area contributed by atoms with Crippen LogP contribution in [0.25, 0.3) is 0 Å². The second kappa shape index (κ2) is 3.57. The predicted octanol–water partition coefficient (Wildman–Crippen LogP) is 0.0709. The van der Waals surface area contributed by atoms with Crippen LogP contribution in [0.2, 0.25) is 0 Å². The molecule has 1 unspecified atom stereocenters. The zero-order valence-electron chi connectivity index (χ0n) is 4.89. The van der Waals surface area contributed by atoms with E-state index in [2.05, 4.69) is 0 Å². The van der Waals surface area contributed by atoms with Crippen molar-refractivity contribution in [3.05, 3.63) is 0 Å². The first kappa shape index (κ1) is 7.59. The Bertz CT molecular complexity index is 80.5. The molecule has 0 aromatic rings. The first-order chi connectivity index (χ1) is 3.63. The molecule has 0 aromatic carbocycles. The molecule has 0 fully saturated rings. The summed E-state index contributed by atoms with van der Waals surface area (Å²) in [7, 11) is 0. The third-order valence-electron chi connectivity index (χ3n) is 0.781. The van der Waals surface area contributed by atoms with Crippen molar-refractivity contribution in [2.45, 2.75) is 26.0 Å². The number of nitrogens with two attached hydrogens (primary N) is 1. The van der Waals surface area contributed by atoms with Gasteiger partial charge in [0.15, 0.2) is 0 Å². The van der Waals surface area contributed by atoms with E-state index in [1.54, 1.807) is 0 Å². The topological polar surface area (TPSA) is 63.0 Å². The van der Waals surface area contributed by atoms with Crippen LogP contribution in [0.1, 0.15) is 19.8 Å². The lowest BCUT2D eigenvalue weighted by Gasteiger charge is -1.95. The van der Waals surface area contributed by atoms with Gasteiger partial charge in [0.2, 0.25) is 0 Å². The first-order valence-corrected chi connectivity index (χ1v) is 2.53. The van der Waals surface area contributed by atoms with Crippen LogP contribution < -0.4 is 5.73 Å². The Kier molecular flexibility index (Phi) is 3.39. The lowest BCUT2D eigenvalue weighted by Crippen LogP contribution is -2.17. The summed E-state index contributed by atoms with van der Waals surface area (Å²) < 4.78 is 0. The molecule has 3 nitrogen and oxygen atoms in total. The zero-order valence-corrected chi connectivity index (χ0v) is 4.89. The van der Waals surface area contributed by atoms with E-state index >= 15 is 0 Å². The molecule has 0 bridgehead atoms. The average Bonchev–Trinajstić information content (AvgIpc) is 1.61. The molecule has 0 aliphatic rings. The Balaban J connectivity index is 3.05. The highest BCUT2D eigenvalue weighted by molar-refractivity contribution is 5.75. The van der Waals surface area contributed by atoms with E-state index in [0.717, 1.165) is 0 Å². The lowest BCUT2D eigenvalue weighted by molar-refractivity contribution is -0.117. The monoisotopic (exact) mass is 116 g/mol. The van der Waals surface area contributed by atoms with Crippen LogP contribution in [-0.4, -0.2) is 12.0 Å². The minimum atomic E-state index is -1.08. The van der Waals surface area contributed by atoms with Crippen molar-refractivity contribution in [1.82, 2.24) is 0 Å². The molecule has 0 heterocycles. The van der Waals surface area contributed by atoms with Gasteiger partial charge in [-0.3, -0.25) is 0 Å². The zero-order chi connectivity index (χ0) is 6.57. The number of carbonyl (C=O) groups excluding carboxylic acids is 1. The molecule has 0 rings (SSSR count). The highest BCUT2D eigenvalue weighted by Gasteiger charge is 1.98. The molecule has 0 amide bonds. The maximum Gasteiger partial charge on any atom is 0.141 e. The third-order valence-corrected chi connectivity index (χ3v) is 0.781. The van der Waals surface area contributed by atoms with Crippen molar-refractivity contribution in [3.63, 3.8) is 0 Å². The van der Waals surface area contributed by atoms with Crippen molar-refractivity contribution in [2.75, 3.05) is 0 Å². The van der Waals surface area contributed by atoms with E-state index in [9.17, 15) is 9.90 Å². The van der Waals surface area contributed by atoms with Crippen molar-refractivity contribution in [3.8, 4) is 0 Å². The molecule has 8 heavy (non-hydrogen) atoms. The average molecular weight is 116 g/mol. The molecule has 0 spiro atoms. The SMILES string of the molecule is CC(=O)CCC(N)[O]. The van der Waals surface area contributed by atoms with Crippen LogP contribution in [0.15, 0.2) is 0 Å². The minimum Gasteiger partial charge on any atom is -0.303 e. The number of ketones is 1. The largest absolute Gasteiger partial charge is 0.303 e. The summed E-state index contributed by atoms with van der Waals surface area (Å²) >= 11 is 0. The van der Waals surface area contributed by atoms with E-state index in [0.29, 0.717) is 6.42 Å². The third kappa shape index (κ3) is 5.59. The van der Waals surface area contributed by atoms with E-state index in [1.165, 1.54) is 6.92 Å². The molecule has 2 N–H and O–H groups in total. The van der Waals surface area contributed by atoms with Gasteiger partial charge in [-0.2, -0.15) is 0 Å². The highest BCUT2D eigenvalue weighted by atomic mass is 16.3. The van der Waals surface area contributed by atoms with Crippen LogP contribution in [0.5, 0.6) is 0 Å². The summed E-state index contributed by atoms with van der Waals surface area (Å²) in [5.41, 5.74) is 4.83. The summed E-state index contributed by atoms with van der Waals surface area (Å²) in [6, 6.07) is 0. The van der Waals surface area contributed by atoms with Gasteiger partial charge in [0, 0.05) is 6.42 Å². The van der Waals surface area contributed by atoms with Gasteiger partial charge in [-0.15, -0.1) is 0 Å². The van der Waals surface area contributed by atoms with Gasteiger partial charge in [-0.1, -0.05) is 0 Å². The fourth-order valence-corrected chi connectivity index (χ4v) is 0.346. The molecule has 1 radical (unpaired) electrons. The molecule has 47 valence electrons. The van der Waals surface area contributed by atoms with Crippen LogP contribution in [0.3, 0.4) is 0 Å². The van der Waals surface area contributed by atoms with Gasteiger partial charge in [0.05, 0.1) is 0 Å². The smallest absolute Gasteiger partial charge is 0.141 e. The number of hydrogen-bond donors (Lipinski definition) is 1. The quantitative estimate of drug-likeness (QED) is 0.530. The Morgan fingerprint density at radius 2 is 2.25 bits per heavy atom. The molecule has 1 atom stereocenters. The maximum atomic E-state index is 10.2. The molecular weight excluding hydrogens is 106 g/mol. The summed E-state index contributed by atoms with van der Waals surface area (Å²) in [4.78, 5) is 10.2. The second-order valence-electron chi connectivity index (χ2n) is 1.78. The fourth-order valence-electron chi connectivity index (χ4n) is 0.346. The summed E-state index contributed by atoms with van der Waals surface area (Å²) in [5.74, 6) is 0.0244. The van der Waals surface area contributed by atoms with Crippen LogP contribution in [0.4, 0.5) is 0 Å². The summed E-state index contributed by atoms with van der Waals surface area (Å²) in [5, 5.41) is 10.1. The fraction of sp³-hybridized carbons (Fsp3) is 0.800. The van der Waals surface area contributed by atoms with Gasteiger partial charge in [0.1, 0.15) is 12.0 Å². The van der Waals surface area contributed by atoms with Gasteiger partial charge < -0.3 is 10.5 Å². The molecule has 0 aliphatic carbocycles. The molecule has 0 aliphatic heterocycles. The molecule has 0 saturated heterocycles. The van der Waals surface area contributed by atoms with Crippen molar-refractivity contribution in [2.24, 2.45) is 5.73 Å². The van der Waals surface area contributed by atoms with Crippen LogP contribution in [-0.2, 0) is 9.90 Å². The van der Waals surface area contributed by atoms with Gasteiger partial charge in [0.25, 0.3) is 0 Å². The molecule has 3 heteroatoms.